The Morgan fingerprint density at radius 1 is 1.13 bits per heavy atom. The Morgan fingerprint density at radius 3 is 2.40 bits per heavy atom. The lowest BCUT2D eigenvalue weighted by Crippen LogP contribution is -2.46. The van der Waals surface area contributed by atoms with Crippen LogP contribution < -0.4 is 10.2 Å². The molecule has 1 unspecified atom stereocenters. The highest BCUT2D eigenvalue weighted by atomic mass is 19.1. The topological polar surface area (TPSA) is 40.5 Å². The van der Waals surface area contributed by atoms with E-state index in [1.165, 1.54) is 6.07 Å². The van der Waals surface area contributed by atoms with Gasteiger partial charge >= 0.3 is 0 Å². The van der Waals surface area contributed by atoms with Crippen molar-refractivity contribution in [1.29, 1.82) is 0 Å². The third-order valence-corrected chi connectivity index (χ3v) is 6.35. The maximum absolute atomic E-state index is 14.4. The number of nitrogens with one attached hydrogen (secondary N) is 1. The van der Waals surface area contributed by atoms with Crippen molar-refractivity contribution >= 4 is 11.6 Å². The number of rotatable bonds is 7. The molecule has 2 heterocycles. The number of carbonyl (C=O) groups excluding carboxylic acids is 1. The fourth-order valence-corrected chi connectivity index (χ4v) is 4.32. The second kappa shape index (κ2) is 9.65. The minimum absolute atomic E-state index is 0.0836. The van der Waals surface area contributed by atoms with E-state index in [9.17, 15) is 9.18 Å². The summed E-state index contributed by atoms with van der Waals surface area (Å²) >= 11 is 0. The van der Waals surface area contributed by atoms with Crippen LogP contribution in [-0.4, -0.2) is 54.1 Å². The molecule has 0 radical (unpaired) electrons. The van der Waals surface area contributed by atoms with Crippen LogP contribution in [-0.2, 0) is 6.54 Å². The minimum Gasteiger partial charge on any atom is -0.367 e. The zero-order valence-electron chi connectivity index (χ0n) is 19.0. The van der Waals surface area contributed by atoms with Gasteiger partial charge in [0.1, 0.15) is 11.5 Å². The first-order chi connectivity index (χ1) is 14.4. The molecule has 0 bridgehead atoms. The number of hydrogen-bond acceptors (Lipinski definition) is 3. The molecule has 164 valence electrons. The molecular weight excluding hydrogens is 379 g/mol. The summed E-state index contributed by atoms with van der Waals surface area (Å²) < 4.78 is 16.4. The molecular formula is C24H35FN4O. The zero-order valence-corrected chi connectivity index (χ0v) is 19.0. The monoisotopic (exact) mass is 414 g/mol. The first-order valence-electron chi connectivity index (χ1n) is 11.1. The van der Waals surface area contributed by atoms with Crippen LogP contribution in [0.4, 0.5) is 10.1 Å². The van der Waals surface area contributed by atoms with E-state index in [1.807, 2.05) is 24.5 Å². The maximum atomic E-state index is 14.4. The quantitative estimate of drug-likeness (QED) is 0.746. The Bertz CT molecular complexity index is 884. The second-order valence-electron chi connectivity index (χ2n) is 8.29. The van der Waals surface area contributed by atoms with E-state index < -0.39 is 0 Å². The minimum atomic E-state index is -0.241. The van der Waals surface area contributed by atoms with Gasteiger partial charge in [-0.15, -0.1) is 0 Å². The number of carbonyl (C=O) groups is 1. The first-order valence-corrected chi connectivity index (χ1v) is 11.1. The van der Waals surface area contributed by atoms with Crippen molar-refractivity contribution in [3.8, 4) is 0 Å². The number of benzene rings is 1. The van der Waals surface area contributed by atoms with Gasteiger partial charge in [0.15, 0.2) is 0 Å². The van der Waals surface area contributed by atoms with E-state index >= 15 is 0 Å². The van der Waals surface area contributed by atoms with Gasteiger partial charge in [-0.05, 0) is 39.8 Å². The summed E-state index contributed by atoms with van der Waals surface area (Å²) in [5.74, 6) is -0.325. The molecule has 1 saturated heterocycles. The average molecular weight is 415 g/mol. The summed E-state index contributed by atoms with van der Waals surface area (Å²) in [6.07, 6.45) is 0.865. The Morgan fingerprint density at radius 2 is 1.80 bits per heavy atom. The third-order valence-electron chi connectivity index (χ3n) is 6.35. The van der Waals surface area contributed by atoms with Gasteiger partial charge in [-0.3, -0.25) is 4.79 Å². The summed E-state index contributed by atoms with van der Waals surface area (Å²) in [5.41, 5.74) is 4.36. The smallest absolute Gasteiger partial charge is 0.268 e. The lowest BCUT2D eigenvalue weighted by molar-refractivity contribution is 0.0929. The van der Waals surface area contributed by atoms with E-state index in [-0.39, 0.29) is 17.8 Å². The van der Waals surface area contributed by atoms with Crippen LogP contribution in [0.5, 0.6) is 0 Å². The number of likely N-dealkylation sites (N-methyl/N-ethyl adjacent to an activating group) is 1. The molecule has 3 rings (SSSR count). The van der Waals surface area contributed by atoms with Crippen LogP contribution in [0.15, 0.2) is 24.3 Å². The second-order valence-corrected chi connectivity index (χ2v) is 8.29. The molecule has 0 saturated carbocycles. The number of anilines is 1. The Balaban J connectivity index is 2.02. The van der Waals surface area contributed by atoms with Crippen molar-refractivity contribution in [3.05, 3.63) is 52.6 Å². The Hall–Kier alpha value is -2.34. The summed E-state index contributed by atoms with van der Waals surface area (Å²) in [5, 5.41) is 3.11. The highest BCUT2D eigenvalue weighted by Crippen LogP contribution is 2.32. The predicted octanol–water partition coefficient (Wildman–Crippen LogP) is 3.96. The third kappa shape index (κ3) is 4.53. The number of halogens is 1. The Labute approximate surface area is 179 Å². The van der Waals surface area contributed by atoms with Crippen molar-refractivity contribution in [2.45, 2.75) is 53.6 Å². The van der Waals surface area contributed by atoms with Crippen molar-refractivity contribution in [3.63, 3.8) is 0 Å². The van der Waals surface area contributed by atoms with Crippen LogP contribution in [0, 0.1) is 19.7 Å². The van der Waals surface area contributed by atoms with E-state index in [1.54, 1.807) is 12.1 Å². The predicted molar refractivity (Wildman–Crippen MR) is 121 cm³/mol. The number of hydrogen-bond donors (Lipinski definition) is 1. The van der Waals surface area contributed by atoms with Gasteiger partial charge in [-0.1, -0.05) is 32.0 Å². The van der Waals surface area contributed by atoms with Gasteiger partial charge in [-0.2, -0.15) is 0 Å². The molecule has 1 N–H and O–H groups in total. The number of piperazine rings is 1. The van der Waals surface area contributed by atoms with Crippen LogP contribution in [0.2, 0.25) is 0 Å². The van der Waals surface area contributed by atoms with Crippen molar-refractivity contribution in [1.82, 2.24) is 14.8 Å². The van der Waals surface area contributed by atoms with Crippen molar-refractivity contribution < 1.29 is 9.18 Å². The van der Waals surface area contributed by atoms with Crippen LogP contribution in [0.1, 0.15) is 54.5 Å². The SMILES string of the molecule is CCC(C)NC(=O)c1c(C)c(N2CCN(CC)CC2)c(C)n1Cc1ccccc1F. The van der Waals surface area contributed by atoms with Gasteiger partial charge in [-0.25, -0.2) is 4.39 Å². The van der Waals surface area contributed by atoms with Gasteiger partial charge in [0, 0.05) is 49.0 Å². The van der Waals surface area contributed by atoms with Crippen LogP contribution >= 0.6 is 0 Å². The molecule has 30 heavy (non-hydrogen) atoms. The standard InChI is InChI=1S/C24H35FN4O/c1-6-17(3)26-24(30)23-18(4)22(28-14-12-27(7-2)13-15-28)19(5)29(23)16-20-10-8-9-11-21(20)25/h8-11,17H,6-7,12-16H2,1-5H3,(H,26,30). The molecule has 6 heteroatoms. The summed E-state index contributed by atoms with van der Waals surface area (Å²) in [6.45, 7) is 15.6. The van der Waals surface area contributed by atoms with E-state index in [0.29, 0.717) is 17.8 Å². The zero-order chi connectivity index (χ0) is 21.8. The highest BCUT2D eigenvalue weighted by molar-refractivity contribution is 5.96. The Kier molecular flexibility index (Phi) is 7.19. The molecule has 0 spiro atoms. The summed E-state index contributed by atoms with van der Waals surface area (Å²) in [6, 6.07) is 6.89. The van der Waals surface area contributed by atoms with Gasteiger partial charge < -0.3 is 19.7 Å². The molecule has 0 aliphatic carbocycles. The van der Waals surface area contributed by atoms with E-state index in [4.69, 9.17) is 0 Å². The van der Waals surface area contributed by atoms with Gasteiger partial charge in [0.2, 0.25) is 0 Å². The molecule has 5 nitrogen and oxygen atoms in total. The van der Waals surface area contributed by atoms with Crippen LogP contribution in [0.3, 0.4) is 0 Å². The average Bonchev–Trinajstić information content (AvgIpc) is 2.99. The molecule has 1 fully saturated rings. The maximum Gasteiger partial charge on any atom is 0.268 e. The van der Waals surface area contributed by atoms with Gasteiger partial charge in [0.05, 0.1) is 12.2 Å². The number of aromatic nitrogens is 1. The fraction of sp³-hybridized carbons (Fsp3) is 0.542. The molecule has 1 aromatic carbocycles. The summed E-state index contributed by atoms with van der Waals surface area (Å²) in [7, 11) is 0. The number of amides is 1. The normalized spacial score (nSPS) is 16.0. The molecule has 2 aromatic rings. The van der Waals surface area contributed by atoms with E-state index in [2.05, 4.69) is 35.9 Å². The molecule has 1 aliphatic heterocycles. The van der Waals surface area contributed by atoms with E-state index in [0.717, 1.165) is 56.1 Å². The largest absolute Gasteiger partial charge is 0.367 e. The molecule has 1 aliphatic rings. The van der Waals surface area contributed by atoms with Crippen LogP contribution in [0.25, 0.3) is 0 Å². The van der Waals surface area contributed by atoms with Crippen molar-refractivity contribution in [2.75, 3.05) is 37.6 Å². The van der Waals surface area contributed by atoms with Gasteiger partial charge in [0.25, 0.3) is 5.91 Å². The lowest BCUT2D eigenvalue weighted by atomic mass is 10.1. The first kappa shape index (κ1) is 22.3. The lowest BCUT2D eigenvalue weighted by Gasteiger charge is -2.36. The fourth-order valence-electron chi connectivity index (χ4n) is 4.32. The molecule has 1 aromatic heterocycles. The summed E-state index contributed by atoms with van der Waals surface area (Å²) in [4.78, 5) is 18.0. The number of nitrogens with zero attached hydrogens (tertiary/aromatic N) is 3. The molecule has 1 atom stereocenters. The highest BCUT2D eigenvalue weighted by Gasteiger charge is 2.28. The molecule has 1 amide bonds. The van der Waals surface area contributed by atoms with Crippen molar-refractivity contribution in [2.24, 2.45) is 0 Å².